The number of carbonyl (C=O) groups excluding carboxylic acids is 2. The summed E-state index contributed by atoms with van der Waals surface area (Å²) in [6.45, 7) is 1.95. The number of halogens is 4. The average Bonchev–Trinajstić information content (AvgIpc) is 3.00. The molecule has 152 valence electrons. The third kappa shape index (κ3) is 6.10. The first-order valence-electron chi connectivity index (χ1n) is 8.80. The van der Waals surface area contributed by atoms with E-state index in [4.69, 9.17) is 5.73 Å². The van der Waals surface area contributed by atoms with Gasteiger partial charge in [-0.2, -0.15) is 0 Å². The lowest BCUT2D eigenvalue weighted by atomic mass is 9.99. The Hall–Kier alpha value is -1.80. The standard InChI is InChI=1S/C18H24F3N3O2.ClH/c1-2-8-24(16(26)9-11-4-3-5-13(11)22)10-15(25)23-14-7-6-12(19)17(20)18(14)21;/h6-7,11,13H,2-5,8-10,22H2,1H3,(H,23,25);1H/t11-,13+;/m0./s1. The Balaban J connectivity index is 0.00000364. The van der Waals surface area contributed by atoms with Crippen LogP contribution >= 0.6 is 12.4 Å². The average molecular weight is 408 g/mol. The molecule has 1 aliphatic rings. The first kappa shape index (κ1) is 23.2. The Labute approximate surface area is 162 Å². The van der Waals surface area contributed by atoms with Crippen molar-refractivity contribution in [3.63, 3.8) is 0 Å². The van der Waals surface area contributed by atoms with Crippen molar-refractivity contribution in [2.24, 2.45) is 11.7 Å². The minimum atomic E-state index is -1.65. The molecule has 2 amide bonds. The highest BCUT2D eigenvalue weighted by Crippen LogP contribution is 2.27. The summed E-state index contributed by atoms with van der Waals surface area (Å²) in [6.07, 6.45) is 3.69. The smallest absolute Gasteiger partial charge is 0.244 e. The molecule has 9 heteroatoms. The number of hydrogen-bond donors (Lipinski definition) is 2. The summed E-state index contributed by atoms with van der Waals surface area (Å²) in [5.74, 6) is -5.21. The minimum absolute atomic E-state index is 0. The maximum atomic E-state index is 13.7. The molecule has 0 spiro atoms. The van der Waals surface area contributed by atoms with E-state index in [0.717, 1.165) is 31.4 Å². The summed E-state index contributed by atoms with van der Waals surface area (Å²) in [7, 11) is 0. The van der Waals surface area contributed by atoms with E-state index < -0.39 is 29.0 Å². The van der Waals surface area contributed by atoms with Gasteiger partial charge in [-0.1, -0.05) is 13.3 Å². The van der Waals surface area contributed by atoms with E-state index in [1.807, 2.05) is 6.92 Å². The number of rotatable bonds is 7. The Kier molecular flexibility index (Phi) is 9.05. The zero-order valence-corrected chi connectivity index (χ0v) is 16.0. The zero-order chi connectivity index (χ0) is 19.3. The minimum Gasteiger partial charge on any atom is -0.333 e. The number of hydrogen-bond acceptors (Lipinski definition) is 3. The van der Waals surface area contributed by atoms with Crippen LogP contribution in [0.15, 0.2) is 12.1 Å². The molecule has 0 bridgehead atoms. The second-order valence-corrected chi connectivity index (χ2v) is 6.65. The fourth-order valence-corrected chi connectivity index (χ4v) is 3.22. The Bertz CT molecular complexity index is 675. The van der Waals surface area contributed by atoms with Crippen LogP contribution in [-0.4, -0.2) is 35.8 Å². The number of amides is 2. The topological polar surface area (TPSA) is 75.4 Å². The van der Waals surface area contributed by atoms with Gasteiger partial charge in [-0.05, 0) is 37.3 Å². The van der Waals surface area contributed by atoms with Crippen LogP contribution in [0.4, 0.5) is 18.9 Å². The first-order chi connectivity index (χ1) is 12.3. The van der Waals surface area contributed by atoms with Crippen molar-refractivity contribution in [2.45, 2.75) is 45.1 Å². The molecule has 0 aromatic heterocycles. The molecule has 1 saturated carbocycles. The molecular weight excluding hydrogens is 383 g/mol. The van der Waals surface area contributed by atoms with Crippen molar-refractivity contribution in [3.05, 3.63) is 29.6 Å². The lowest BCUT2D eigenvalue weighted by Gasteiger charge is -2.24. The maximum Gasteiger partial charge on any atom is 0.244 e. The molecule has 0 radical (unpaired) electrons. The predicted molar refractivity (Wildman–Crippen MR) is 99.0 cm³/mol. The summed E-state index contributed by atoms with van der Waals surface area (Å²) in [5, 5.41) is 2.19. The highest BCUT2D eigenvalue weighted by Gasteiger charge is 2.28. The number of nitrogens with one attached hydrogen (secondary N) is 1. The van der Waals surface area contributed by atoms with Gasteiger partial charge in [-0.15, -0.1) is 12.4 Å². The molecule has 1 aromatic rings. The largest absolute Gasteiger partial charge is 0.333 e. The summed E-state index contributed by atoms with van der Waals surface area (Å²) in [5.41, 5.74) is 5.53. The summed E-state index contributed by atoms with van der Waals surface area (Å²) < 4.78 is 39.8. The van der Waals surface area contributed by atoms with Gasteiger partial charge >= 0.3 is 0 Å². The van der Waals surface area contributed by atoms with E-state index in [1.54, 1.807) is 0 Å². The van der Waals surface area contributed by atoms with Crippen LogP contribution < -0.4 is 11.1 Å². The lowest BCUT2D eigenvalue weighted by Crippen LogP contribution is -2.40. The number of nitrogens with zero attached hydrogens (tertiary/aromatic N) is 1. The van der Waals surface area contributed by atoms with Crippen LogP contribution in [-0.2, 0) is 9.59 Å². The van der Waals surface area contributed by atoms with Crippen molar-refractivity contribution in [2.75, 3.05) is 18.4 Å². The summed E-state index contributed by atoms with van der Waals surface area (Å²) in [6, 6.07) is 1.66. The molecule has 3 N–H and O–H groups in total. The highest BCUT2D eigenvalue weighted by atomic mass is 35.5. The van der Waals surface area contributed by atoms with E-state index in [2.05, 4.69) is 5.32 Å². The van der Waals surface area contributed by atoms with Crippen LogP contribution in [0.5, 0.6) is 0 Å². The SMILES string of the molecule is CCCN(CC(=O)Nc1ccc(F)c(F)c1F)C(=O)C[C@@H]1CCC[C@H]1N.Cl. The van der Waals surface area contributed by atoms with Crippen molar-refractivity contribution >= 4 is 29.9 Å². The number of benzene rings is 1. The van der Waals surface area contributed by atoms with Crippen molar-refractivity contribution < 1.29 is 22.8 Å². The van der Waals surface area contributed by atoms with Gasteiger partial charge < -0.3 is 16.0 Å². The third-order valence-corrected chi connectivity index (χ3v) is 4.64. The van der Waals surface area contributed by atoms with E-state index in [0.29, 0.717) is 13.0 Å². The second-order valence-electron chi connectivity index (χ2n) is 6.65. The van der Waals surface area contributed by atoms with Crippen molar-refractivity contribution in [1.82, 2.24) is 4.90 Å². The Morgan fingerprint density at radius 1 is 1.22 bits per heavy atom. The molecule has 0 unspecified atom stereocenters. The van der Waals surface area contributed by atoms with Crippen LogP contribution in [0.1, 0.15) is 39.0 Å². The molecule has 1 aromatic carbocycles. The fraction of sp³-hybridized carbons (Fsp3) is 0.556. The summed E-state index contributed by atoms with van der Waals surface area (Å²) >= 11 is 0. The molecule has 5 nitrogen and oxygen atoms in total. The highest BCUT2D eigenvalue weighted by molar-refractivity contribution is 5.94. The molecule has 27 heavy (non-hydrogen) atoms. The van der Waals surface area contributed by atoms with Crippen LogP contribution in [0.3, 0.4) is 0 Å². The Morgan fingerprint density at radius 3 is 2.52 bits per heavy atom. The van der Waals surface area contributed by atoms with Crippen LogP contribution in [0.2, 0.25) is 0 Å². The predicted octanol–water partition coefficient (Wildman–Crippen LogP) is 3.22. The van der Waals surface area contributed by atoms with Gasteiger partial charge in [0.05, 0.1) is 12.2 Å². The van der Waals surface area contributed by atoms with Gasteiger partial charge in [-0.3, -0.25) is 9.59 Å². The van der Waals surface area contributed by atoms with Gasteiger partial charge in [-0.25, -0.2) is 13.2 Å². The van der Waals surface area contributed by atoms with Gasteiger partial charge in [0.25, 0.3) is 0 Å². The monoisotopic (exact) mass is 407 g/mol. The van der Waals surface area contributed by atoms with Gasteiger partial charge in [0, 0.05) is 19.0 Å². The third-order valence-electron chi connectivity index (χ3n) is 4.64. The van der Waals surface area contributed by atoms with E-state index in [-0.39, 0.29) is 43.2 Å². The van der Waals surface area contributed by atoms with Crippen molar-refractivity contribution in [1.29, 1.82) is 0 Å². The zero-order valence-electron chi connectivity index (χ0n) is 15.1. The molecule has 0 heterocycles. The molecule has 2 rings (SSSR count). The molecule has 2 atom stereocenters. The number of nitrogens with two attached hydrogens (primary N) is 1. The molecule has 1 aliphatic carbocycles. The van der Waals surface area contributed by atoms with E-state index in [1.165, 1.54) is 4.90 Å². The normalized spacial score (nSPS) is 18.7. The van der Waals surface area contributed by atoms with E-state index >= 15 is 0 Å². The molecular formula is C18H25ClF3N3O2. The fourth-order valence-electron chi connectivity index (χ4n) is 3.22. The second kappa shape index (κ2) is 10.5. The molecule has 1 fully saturated rings. The van der Waals surface area contributed by atoms with E-state index in [9.17, 15) is 22.8 Å². The lowest BCUT2D eigenvalue weighted by molar-refractivity contribution is -0.135. The van der Waals surface area contributed by atoms with Crippen LogP contribution in [0, 0.1) is 23.4 Å². The first-order valence-corrected chi connectivity index (χ1v) is 8.80. The van der Waals surface area contributed by atoms with Gasteiger partial charge in [0.1, 0.15) is 0 Å². The number of anilines is 1. The molecule has 0 saturated heterocycles. The quantitative estimate of drug-likeness (QED) is 0.681. The van der Waals surface area contributed by atoms with Gasteiger partial charge in [0.15, 0.2) is 17.5 Å². The van der Waals surface area contributed by atoms with Gasteiger partial charge in [0.2, 0.25) is 11.8 Å². The summed E-state index contributed by atoms with van der Waals surface area (Å²) in [4.78, 5) is 26.0. The number of carbonyl (C=O) groups is 2. The molecule has 0 aliphatic heterocycles. The maximum absolute atomic E-state index is 13.7. The van der Waals surface area contributed by atoms with Crippen LogP contribution in [0.25, 0.3) is 0 Å². The van der Waals surface area contributed by atoms with Crippen molar-refractivity contribution in [3.8, 4) is 0 Å². The Morgan fingerprint density at radius 2 is 1.93 bits per heavy atom.